The summed E-state index contributed by atoms with van der Waals surface area (Å²) in [5.41, 5.74) is 0.922. The molecule has 1 heterocycles. The minimum atomic E-state index is -0.393. The Morgan fingerprint density at radius 3 is 2.04 bits per heavy atom. The zero-order valence-corrected chi connectivity index (χ0v) is 15.3. The number of methoxy groups -OCH3 is 4. The van der Waals surface area contributed by atoms with E-state index in [1.807, 2.05) is 0 Å². The number of tetrazole rings is 1. The fraction of sp³-hybridized carbons (Fsp3) is 0.222. The maximum atomic E-state index is 13.0. The Bertz CT molecular complexity index is 928. The van der Waals surface area contributed by atoms with E-state index in [0.717, 1.165) is 0 Å². The van der Waals surface area contributed by atoms with E-state index < -0.39 is 5.78 Å². The summed E-state index contributed by atoms with van der Waals surface area (Å²) < 4.78 is 22.4. The number of hydrogen-bond donors (Lipinski definition) is 0. The standard InChI is InChI=1S/C18H18N4O5/c1-24-13-7-5-12(6-8-13)22-18(19-20-21-22)16(23)11-9-14(25-2)17(27-4)15(10-11)26-3/h5-10H,1-4H3. The van der Waals surface area contributed by atoms with Crippen molar-refractivity contribution in [3.63, 3.8) is 0 Å². The van der Waals surface area contributed by atoms with Gasteiger partial charge in [-0.05, 0) is 46.8 Å². The van der Waals surface area contributed by atoms with E-state index in [1.54, 1.807) is 43.5 Å². The fourth-order valence-electron chi connectivity index (χ4n) is 2.57. The minimum absolute atomic E-state index is 0.0504. The third-order valence-electron chi connectivity index (χ3n) is 3.92. The first-order chi connectivity index (χ1) is 13.1. The van der Waals surface area contributed by atoms with Gasteiger partial charge in [-0.2, -0.15) is 4.68 Å². The van der Waals surface area contributed by atoms with E-state index in [2.05, 4.69) is 15.5 Å². The van der Waals surface area contributed by atoms with Gasteiger partial charge in [-0.25, -0.2) is 0 Å². The van der Waals surface area contributed by atoms with Crippen LogP contribution in [-0.2, 0) is 0 Å². The summed E-state index contributed by atoms with van der Waals surface area (Å²) in [6, 6.07) is 10.1. The molecule has 0 amide bonds. The Morgan fingerprint density at radius 1 is 0.889 bits per heavy atom. The maximum absolute atomic E-state index is 13.0. The summed E-state index contributed by atoms with van der Waals surface area (Å²) in [5.74, 6) is 1.47. The molecule has 0 bridgehead atoms. The van der Waals surface area contributed by atoms with Crippen molar-refractivity contribution in [3.8, 4) is 28.7 Å². The second kappa shape index (κ2) is 7.73. The van der Waals surface area contributed by atoms with E-state index >= 15 is 0 Å². The highest BCUT2D eigenvalue weighted by molar-refractivity contribution is 6.07. The summed E-state index contributed by atoms with van der Waals surface area (Å²) in [7, 11) is 6.03. The number of ketones is 1. The Morgan fingerprint density at radius 2 is 1.52 bits per heavy atom. The zero-order chi connectivity index (χ0) is 19.4. The lowest BCUT2D eigenvalue weighted by atomic mass is 10.1. The van der Waals surface area contributed by atoms with Crippen LogP contribution in [0.15, 0.2) is 36.4 Å². The molecule has 0 aliphatic carbocycles. The smallest absolute Gasteiger partial charge is 0.232 e. The van der Waals surface area contributed by atoms with Crippen LogP contribution in [0, 0.1) is 0 Å². The number of rotatable bonds is 7. The lowest BCUT2D eigenvalue weighted by Crippen LogP contribution is -2.12. The number of aromatic nitrogens is 4. The van der Waals surface area contributed by atoms with Crippen LogP contribution in [0.2, 0.25) is 0 Å². The van der Waals surface area contributed by atoms with Gasteiger partial charge < -0.3 is 18.9 Å². The van der Waals surface area contributed by atoms with Gasteiger partial charge in [0.15, 0.2) is 11.5 Å². The average Bonchev–Trinajstić information content (AvgIpc) is 3.21. The summed E-state index contributed by atoms with van der Waals surface area (Å²) >= 11 is 0. The quantitative estimate of drug-likeness (QED) is 0.582. The molecule has 2 aromatic carbocycles. The van der Waals surface area contributed by atoms with Gasteiger partial charge in [0.2, 0.25) is 17.4 Å². The first kappa shape index (κ1) is 18.2. The molecule has 140 valence electrons. The van der Waals surface area contributed by atoms with Gasteiger partial charge in [0.25, 0.3) is 0 Å². The lowest BCUT2D eigenvalue weighted by molar-refractivity contribution is 0.102. The Labute approximate surface area is 155 Å². The van der Waals surface area contributed by atoms with Gasteiger partial charge in [-0.15, -0.1) is 5.10 Å². The molecule has 0 aliphatic rings. The number of carbonyl (C=O) groups is 1. The van der Waals surface area contributed by atoms with Crippen molar-refractivity contribution in [1.29, 1.82) is 0 Å². The number of benzene rings is 2. The van der Waals surface area contributed by atoms with Crippen LogP contribution >= 0.6 is 0 Å². The molecule has 3 rings (SSSR count). The predicted molar refractivity (Wildman–Crippen MR) is 95.2 cm³/mol. The molecule has 9 heteroatoms. The number of carbonyl (C=O) groups excluding carboxylic acids is 1. The molecule has 0 N–H and O–H groups in total. The highest BCUT2D eigenvalue weighted by atomic mass is 16.5. The van der Waals surface area contributed by atoms with Crippen LogP contribution in [0.5, 0.6) is 23.0 Å². The van der Waals surface area contributed by atoms with E-state index in [9.17, 15) is 4.79 Å². The average molecular weight is 370 g/mol. The van der Waals surface area contributed by atoms with Crippen LogP contribution in [0.3, 0.4) is 0 Å². The van der Waals surface area contributed by atoms with Gasteiger partial charge in [0, 0.05) is 5.56 Å². The van der Waals surface area contributed by atoms with Gasteiger partial charge in [-0.3, -0.25) is 4.79 Å². The summed E-state index contributed by atoms with van der Waals surface area (Å²) in [5, 5.41) is 11.4. The number of nitrogens with zero attached hydrogens (tertiary/aromatic N) is 4. The molecule has 0 fully saturated rings. The molecule has 3 aromatic rings. The largest absolute Gasteiger partial charge is 0.497 e. The molecule has 0 unspecified atom stereocenters. The van der Waals surface area contributed by atoms with Crippen molar-refractivity contribution in [3.05, 3.63) is 47.8 Å². The van der Waals surface area contributed by atoms with Gasteiger partial charge in [0.05, 0.1) is 34.1 Å². The summed E-state index contributed by atoms with van der Waals surface area (Å²) in [4.78, 5) is 13.0. The van der Waals surface area contributed by atoms with Gasteiger partial charge >= 0.3 is 0 Å². The number of ether oxygens (including phenoxy) is 4. The highest BCUT2D eigenvalue weighted by Crippen LogP contribution is 2.38. The van der Waals surface area contributed by atoms with E-state index in [4.69, 9.17) is 18.9 Å². The van der Waals surface area contributed by atoms with Crippen molar-refractivity contribution >= 4 is 5.78 Å². The fourth-order valence-corrected chi connectivity index (χ4v) is 2.57. The third kappa shape index (κ3) is 3.39. The van der Waals surface area contributed by atoms with E-state index in [0.29, 0.717) is 34.2 Å². The van der Waals surface area contributed by atoms with Crippen molar-refractivity contribution in [1.82, 2.24) is 20.2 Å². The SMILES string of the molecule is COc1ccc(-n2nnnc2C(=O)c2cc(OC)c(OC)c(OC)c2)cc1. The molecular weight excluding hydrogens is 352 g/mol. The maximum Gasteiger partial charge on any atom is 0.232 e. The molecule has 0 saturated carbocycles. The first-order valence-electron chi connectivity index (χ1n) is 7.90. The molecule has 1 aromatic heterocycles. The first-order valence-corrected chi connectivity index (χ1v) is 7.90. The Hall–Kier alpha value is -3.62. The van der Waals surface area contributed by atoms with Crippen molar-refractivity contribution in [2.24, 2.45) is 0 Å². The minimum Gasteiger partial charge on any atom is -0.497 e. The Kier molecular flexibility index (Phi) is 5.20. The number of hydrogen-bond acceptors (Lipinski definition) is 8. The second-order valence-electron chi connectivity index (χ2n) is 5.36. The third-order valence-corrected chi connectivity index (χ3v) is 3.92. The highest BCUT2D eigenvalue weighted by Gasteiger charge is 2.23. The predicted octanol–water partition coefficient (Wildman–Crippen LogP) is 1.93. The molecule has 0 atom stereocenters. The normalized spacial score (nSPS) is 10.4. The molecule has 9 nitrogen and oxygen atoms in total. The van der Waals surface area contributed by atoms with Crippen LogP contribution in [0.1, 0.15) is 16.2 Å². The molecule has 0 radical (unpaired) electrons. The second-order valence-corrected chi connectivity index (χ2v) is 5.36. The molecule has 27 heavy (non-hydrogen) atoms. The molecular formula is C18H18N4O5. The zero-order valence-electron chi connectivity index (χ0n) is 15.3. The summed E-state index contributed by atoms with van der Waals surface area (Å²) in [6.07, 6.45) is 0. The van der Waals surface area contributed by atoms with Crippen LogP contribution in [0.25, 0.3) is 5.69 Å². The lowest BCUT2D eigenvalue weighted by Gasteiger charge is -2.13. The van der Waals surface area contributed by atoms with Crippen molar-refractivity contribution in [2.75, 3.05) is 28.4 Å². The van der Waals surface area contributed by atoms with Crippen molar-refractivity contribution in [2.45, 2.75) is 0 Å². The van der Waals surface area contributed by atoms with Gasteiger partial charge in [-0.1, -0.05) is 0 Å². The van der Waals surface area contributed by atoms with Crippen LogP contribution in [0.4, 0.5) is 0 Å². The monoisotopic (exact) mass is 370 g/mol. The van der Waals surface area contributed by atoms with E-state index in [1.165, 1.54) is 26.0 Å². The Balaban J connectivity index is 2.03. The molecule has 0 saturated heterocycles. The topological polar surface area (TPSA) is 97.6 Å². The van der Waals surface area contributed by atoms with Crippen molar-refractivity contribution < 1.29 is 23.7 Å². The van der Waals surface area contributed by atoms with E-state index in [-0.39, 0.29) is 5.82 Å². The van der Waals surface area contributed by atoms with Gasteiger partial charge in [0.1, 0.15) is 5.75 Å². The summed E-state index contributed by atoms with van der Waals surface area (Å²) in [6.45, 7) is 0. The van der Waals surface area contributed by atoms with Crippen LogP contribution < -0.4 is 18.9 Å². The van der Waals surface area contributed by atoms with Crippen LogP contribution in [-0.4, -0.2) is 54.4 Å². The molecule has 0 aliphatic heterocycles. The molecule has 0 spiro atoms.